The summed E-state index contributed by atoms with van der Waals surface area (Å²) < 4.78 is 5.35. The number of hydrogen-bond donors (Lipinski definition) is 1. The van der Waals surface area contributed by atoms with Crippen LogP contribution in [0.15, 0.2) is 47.5 Å². The molecule has 1 aliphatic rings. The van der Waals surface area contributed by atoms with Gasteiger partial charge in [-0.25, -0.2) is 4.98 Å². The summed E-state index contributed by atoms with van der Waals surface area (Å²) in [6.45, 7) is 5.81. The van der Waals surface area contributed by atoms with Crippen molar-refractivity contribution in [3.05, 3.63) is 53.7 Å². The van der Waals surface area contributed by atoms with E-state index in [0.29, 0.717) is 12.3 Å². The minimum absolute atomic E-state index is 0.0329. The molecule has 1 N–H and O–H groups in total. The summed E-state index contributed by atoms with van der Waals surface area (Å²) in [5.41, 5.74) is 2.20. The van der Waals surface area contributed by atoms with Crippen molar-refractivity contribution in [3.8, 4) is 0 Å². The molecule has 1 fully saturated rings. The fourth-order valence-corrected chi connectivity index (χ4v) is 3.47. The number of nitrogens with one attached hydrogen (secondary N) is 1. The van der Waals surface area contributed by atoms with Crippen molar-refractivity contribution in [3.63, 3.8) is 0 Å². The minimum atomic E-state index is 0.0329. The number of benzene rings is 1. The van der Waals surface area contributed by atoms with Crippen LogP contribution < -0.4 is 10.2 Å². The van der Waals surface area contributed by atoms with Gasteiger partial charge in [0.25, 0.3) is 0 Å². The van der Waals surface area contributed by atoms with Gasteiger partial charge in [0, 0.05) is 30.7 Å². The van der Waals surface area contributed by atoms with Gasteiger partial charge in [0.1, 0.15) is 5.82 Å². The van der Waals surface area contributed by atoms with Gasteiger partial charge in [0.15, 0.2) is 0 Å². The highest BCUT2D eigenvalue weighted by Gasteiger charge is 2.12. The molecule has 3 rings (SSSR count). The Labute approximate surface area is 152 Å². The quantitative estimate of drug-likeness (QED) is 0.806. The summed E-state index contributed by atoms with van der Waals surface area (Å²) in [5, 5.41) is 2.95. The first kappa shape index (κ1) is 17.8. The van der Waals surface area contributed by atoms with Crippen molar-refractivity contribution in [2.75, 3.05) is 37.0 Å². The Morgan fingerprint density at radius 2 is 2.04 bits per heavy atom. The number of anilines is 1. The molecule has 0 saturated carbocycles. The van der Waals surface area contributed by atoms with Crippen LogP contribution >= 0.6 is 11.8 Å². The summed E-state index contributed by atoms with van der Waals surface area (Å²) in [6.07, 6.45) is 1.83. The monoisotopic (exact) mass is 357 g/mol. The lowest BCUT2D eigenvalue weighted by molar-refractivity contribution is -0.118. The van der Waals surface area contributed by atoms with Gasteiger partial charge in [0.2, 0.25) is 5.91 Å². The number of carbonyl (C=O) groups is 1. The van der Waals surface area contributed by atoms with Crippen LogP contribution in [0.2, 0.25) is 0 Å². The van der Waals surface area contributed by atoms with Crippen molar-refractivity contribution in [2.24, 2.45) is 0 Å². The fraction of sp³-hybridized carbons (Fsp3) is 0.368. The molecule has 1 aromatic heterocycles. The summed E-state index contributed by atoms with van der Waals surface area (Å²) in [7, 11) is 0. The molecule has 0 unspecified atom stereocenters. The van der Waals surface area contributed by atoms with E-state index in [9.17, 15) is 4.79 Å². The van der Waals surface area contributed by atoms with Gasteiger partial charge >= 0.3 is 0 Å². The summed E-state index contributed by atoms with van der Waals surface area (Å²) in [5.74, 6) is 1.42. The normalized spacial score (nSPS) is 14.4. The first-order valence-corrected chi connectivity index (χ1v) is 9.44. The molecule has 0 radical (unpaired) electrons. The van der Waals surface area contributed by atoms with Crippen LogP contribution in [0.3, 0.4) is 0 Å². The summed E-state index contributed by atoms with van der Waals surface area (Å²) >= 11 is 1.57. The van der Waals surface area contributed by atoms with E-state index in [1.165, 1.54) is 5.56 Å². The lowest BCUT2D eigenvalue weighted by atomic mass is 10.2. The molecule has 0 bridgehead atoms. The number of pyridine rings is 1. The van der Waals surface area contributed by atoms with Gasteiger partial charge in [-0.15, -0.1) is 11.8 Å². The molecular weight excluding hydrogens is 334 g/mol. The highest BCUT2D eigenvalue weighted by Crippen LogP contribution is 2.21. The molecule has 25 heavy (non-hydrogen) atoms. The Balaban J connectivity index is 1.44. The van der Waals surface area contributed by atoms with E-state index in [-0.39, 0.29) is 5.91 Å². The third kappa shape index (κ3) is 5.21. The minimum Gasteiger partial charge on any atom is -0.378 e. The average molecular weight is 357 g/mol. The molecule has 2 aromatic rings. The molecular formula is C19H23N3O2S. The predicted molar refractivity (Wildman–Crippen MR) is 101 cm³/mol. The smallest absolute Gasteiger partial charge is 0.230 e. The van der Waals surface area contributed by atoms with Crippen LogP contribution in [0.4, 0.5) is 5.82 Å². The van der Waals surface area contributed by atoms with Crippen LogP contribution in [-0.4, -0.2) is 42.9 Å². The first-order valence-electron chi connectivity index (χ1n) is 8.45. The Hall–Kier alpha value is -2.05. The molecule has 6 heteroatoms. The third-order valence-corrected chi connectivity index (χ3v) is 5.26. The number of ether oxygens (including phenoxy) is 1. The molecule has 2 heterocycles. The topological polar surface area (TPSA) is 54.5 Å². The highest BCUT2D eigenvalue weighted by molar-refractivity contribution is 8.00. The van der Waals surface area contributed by atoms with E-state index in [4.69, 9.17) is 4.74 Å². The maximum absolute atomic E-state index is 12.0. The van der Waals surface area contributed by atoms with E-state index in [1.807, 2.05) is 36.5 Å². The van der Waals surface area contributed by atoms with Crippen molar-refractivity contribution < 1.29 is 9.53 Å². The Morgan fingerprint density at radius 1 is 1.24 bits per heavy atom. The van der Waals surface area contributed by atoms with Crippen molar-refractivity contribution in [2.45, 2.75) is 18.4 Å². The standard InChI is InChI=1S/C19H23N3O2S/c1-15-4-2-3-5-17(15)25-14-19(23)21-13-16-6-7-18(20-12-16)22-8-10-24-11-9-22/h2-7,12H,8-11,13-14H2,1H3,(H,21,23). The van der Waals surface area contributed by atoms with Gasteiger partial charge in [-0.3, -0.25) is 4.79 Å². The lowest BCUT2D eigenvalue weighted by Crippen LogP contribution is -2.36. The highest BCUT2D eigenvalue weighted by atomic mass is 32.2. The predicted octanol–water partition coefficient (Wildman–Crippen LogP) is 2.64. The zero-order valence-corrected chi connectivity index (χ0v) is 15.2. The van der Waals surface area contributed by atoms with Gasteiger partial charge in [-0.2, -0.15) is 0 Å². The maximum atomic E-state index is 12.0. The number of morpholine rings is 1. The molecule has 132 valence electrons. The Morgan fingerprint density at radius 3 is 2.76 bits per heavy atom. The van der Waals surface area contributed by atoms with E-state index >= 15 is 0 Å². The number of amides is 1. The van der Waals surface area contributed by atoms with Gasteiger partial charge in [0.05, 0.1) is 19.0 Å². The van der Waals surface area contributed by atoms with Crippen LogP contribution in [0.5, 0.6) is 0 Å². The second-order valence-electron chi connectivity index (χ2n) is 5.95. The SMILES string of the molecule is Cc1ccccc1SCC(=O)NCc1ccc(N2CCOCC2)nc1. The van der Waals surface area contributed by atoms with Crippen LogP contribution in [0.25, 0.3) is 0 Å². The molecule has 1 aromatic carbocycles. The first-order chi connectivity index (χ1) is 12.2. The van der Waals surface area contributed by atoms with Crippen molar-refractivity contribution in [1.29, 1.82) is 0 Å². The molecule has 0 spiro atoms. The van der Waals surface area contributed by atoms with Gasteiger partial charge in [-0.1, -0.05) is 24.3 Å². The average Bonchev–Trinajstić information content (AvgIpc) is 2.67. The number of carbonyl (C=O) groups excluding carboxylic acids is 1. The molecule has 5 nitrogen and oxygen atoms in total. The number of nitrogens with zero attached hydrogens (tertiary/aromatic N) is 2. The number of hydrogen-bond acceptors (Lipinski definition) is 5. The summed E-state index contributed by atoms with van der Waals surface area (Å²) in [6, 6.07) is 12.1. The fourth-order valence-electron chi connectivity index (χ4n) is 2.61. The Bertz CT molecular complexity index is 700. The van der Waals surface area contributed by atoms with E-state index < -0.39 is 0 Å². The molecule has 1 aliphatic heterocycles. The maximum Gasteiger partial charge on any atom is 0.230 e. The molecule has 0 atom stereocenters. The zero-order valence-electron chi connectivity index (χ0n) is 14.4. The lowest BCUT2D eigenvalue weighted by Gasteiger charge is -2.27. The largest absolute Gasteiger partial charge is 0.378 e. The number of thioether (sulfide) groups is 1. The zero-order chi connectivity index (χ0) is 17.5. The van der Waals surface area contributed by atoms with E-state index in [1.54, 1.807) is 11.8 Å². The summed E-state index contributed by atoms with van der Waals surface area (Å²) in [4.78, 5) is 19.9. The van der Waals surface area contributed by atoms with Crippen LogP contribution in [-0.2, 0) is 16.1 Å². The van der Waals surface area contributed by atoms with Crippen molar-refractivity contribution in [1.82, 2.24) is 10.3 Å². The van der Waals surface area contributed by atoms with Crippen molar-refractivity contribution >= 4 is 23.5 Å². The molecule has 0 aliphatic carbocycles. The van der Waals surface area contributed by atoms with Crippen LogP contribution in [0.1, 0.15) is 11.1 Å². The third-order valence-electron chi connectivity index (χ3n) is 4.09. The van der Waals surface area contributed by atoms with E-state index in [0.717, 1.165) is 42.6 Å². The second kappa shape index (κ2) is 8.87. The number of rotatable bonds is 6. The number of aromatic nitrogens is 1. The molecule has 1 saturated heterocycles. The Kier molecular flexibility index (Phi) is 6.30. The number of aryl methyl sites for hydroxylation is 1. The van der Waals surface area contributed by atoms with Crippen LogP contribution in [0, 0.1) is 6.92 Å². The molecule has 1 amide bonds. The van der Waals surface area contributed by atoms with Gasteiger partial charge in [-0.05, 0) is 30.2 Å². The van der Waals surface area contributed by atoms with Gasteiger partial charge < -0.3 is 15.0 Å². The second-order valence-corrected chi connectivity index (χ2v) is 6.97. The van der Waals surface area contributed by atoms with E-state index in [2.05, 4.69) is 28.2 Å².